The van der Waals surface area contributed by atoms with Gasteiger partial charge in [-0.25, -0.2) is 9.59 Å². The van der Waals surface area contributed by atoms with Crippen LogP contribution >= 0.6 is 11.8 Å². The molecule has 0 spiro atoms. The van der Waals surface area contributed by atoms with Crippen LogP contribution in [0.1, 0.15) is 6.42 Å². The lowest BCUT2D eigenvalue weighted by molar-refractivity contribution is -0.146. The first-order valence-electron chi connectivity index (χ1n) is 4.82. The highest BCUT2D eigenvalue weighted by molar-refractivity contribution is 8.00. The highest BCUT2D eigenvalue weighted by Crippen LogP contribution is 2.39. The van der Waals surface area contributed by atoms with Crippen LogP contribution in [0.25, 0.3) is 0 Å². The SMILES string of the molecule is NC(=O)OCC1=C(C(=O)O)N2C(=O)C[C@H]2SC1. The summed E-state index contributed by atoms with van der Waals surface area (Å²) in [7, 11) is 0. The first-order valence-corrected chi connectivity index (χ1v) is 5.86. The standard InChI is InChI=1S/C9H10N2O5S/c10-9(15)16-2-4-3-17-6-1-5(12)11(6)7(4)8(13)14/h6H,1-3H2,(H2,10,15)(H,13,14)/t6-/m1/s1. The van der Waals surface area contributed by atoms with Gasteiger partial charge in [0, 0.05) is 11.3 Å². The summed E-state index contributed by atoms with van der Waals surface area (Å²) in [5, 5.41) is 8.98. The number of carbonyl (C=O) groups excluding carboxylic acids is 2. The van der Waals surface area contributed by atoms with Crippen molar-refractivity contribution in [2.45, 2.75) is 11.8 Å². The van der Waals surface area contributed by atoms with Crippen molar-refractivity contribution in [2.24, 2.45) is 5.73 Å². The zero-order valence-corrected chi connectivity index (χ0v) is 9.53. The number of ether oxygens (including phenoxy) is 1. The second-order valence-corrected chi connectivity index (χ2v) is 4.76. The molecule has 3 N–H and O–H groups in total. The van der Waals surface area contributed by atoms with Gasteiger partial charge in [0.05, 0.1) is 11.8 Å². The van der Waals surface area contributed by atoms with Crippen molar-refractivity contribution in [3.8, 4) is 0 Å². The van der Waals surface area contributed by atoms with Crippen LogP contribution in [0, 0.1) is 0 Å². The van der Waals surface area contributed by atoms with Crippen molar-refractivity contribution in [1.82, 2.24) is 4.90 Å². The molecular formula is C9H10N2O5S. The lowest BCUT2D eigenvalue weighted by atomic mass is 10.1. The third kappa shape index (κ3) is 2.07. The van der Waals surface area contributed by atoms with Crippen LogP contribution in [-0.2, 0) is 14.3 Å². The third-order valence-electron chi connectivity index (χ3n) is 2.52. The largest absolute Gasteiger partial charge is 0.477 e. The van der Waals surface area contributed by atoms with Crippen molar-refractivity contribution in [1.29, 1.82) is 0 Å². The van der Waals surface area contributed by atoms with Gasteiger partial charge < -0.3 is 15.6 Å². The second-order valence-electron chi connectivity index (χ2n) is 3.60. The van der Waals surface area contributed by atoms with Gasteiger partial charge >= 0.3 is 12.1 Å². The monoisotopic (exact) mass is 258 g/mol. The number of nitrogens with zero attached hydrogens (tertiary/aromatic N) is 1. The van der Waals surface area contributed by atoms with E-state index in [9.17, 15) is 14.4 Å². The van der Waals surface area contributed by atoms with Crippen LogP contribution in [0.5, 0.6) is 0 Å². The zero-order valence-electron chi connectivity index (χ0n) is 8.71. The minimum absolute atomic E-state index is 0.0775. The Balaban J connectivity index is 2.23. The number of hydrogen-bond acceptors (Lipinski definition) is 5. The maximum absolute atomic E-state index is 11.3. The number of primary amides is 1. The van der Waals surface area contributed by atoms with Crippen molar-refractivity contribution in [3.05, 3.63) is 11.3 Å². The van der Waals surface area contributed by atoms with Gasteiger partial charge in [-0.15, -0.1) is 11.8 Å². The quantitative estimate of drug-likeness (QED) is 0.674. The van der Waals surface area contributed by atoms with Crippen LogP contribution in [0.4, 0.5) is 4.79 Å². The number of rotatable bonds is 3. The molecule has 2 rings (SSSR count). The van der Waals surface area contributed by atoms with Gasteiger partial charge in [0.2, 0.25) is 5.91 Å². The Bertz CT molecular complexity index is 433. The smallest absolute Gasteiger partial charge is 0.404 e. The Morgan fingerprint density at radius 3 is 2.82 bits per heavy atom. The Morgan fingerprint density at radius 1 is 1.59 bits per heavy atom. The molecule has 0 aromatic rings. The van der Waals surface area contributed by atoms with E-state index in [-0.39, 0.29) is 23.6 Å². The number of carbonyl (C=O) groups is 3. The lowest BCUT2D eigenvalue weighted by Gasteiger charge is -2.43. The van der Waals surface area contributed by atoms with E-state index < -0.39 is 12.1 Å². The van der Waals surface area contributed by atoms with Gasteiger partial charge in [0.25, 0.3) is 0 Å². The molecule has 2 heterocycles. The normalized spacial score (nSPS) is 22.9. The molecule has 0 aromatic heterocycles. The first-order chi connectivity index (χ1) is 8.00. The summed E-state index contributed by atoms with van der Waals surface area (Å²) in [6.45, 7) is -0.194. The molecule has 1 saturated heterocycles. The molecule has 0 radical (unpaired) electrons. The Kier molecular flexibility index (Phi) is 2.97. The molecule has 0 saturated carbocycles. The minimum Gasteiger partial charge on any atom is -0.477 e. The highest BCUT2D eigenvalue weighted by atomic mass is 32.2. The fourth-order valence-corrected chi connectivity index (χ4v) is 2.99. The summed E-state index contributed by atoms with van der Waals surface area (Å²) in [6, 6.07) is 0. The van der Waals surface area contributed by atoms with E-state index in [1.54, 1.807) is 0 Å². The molecule has 0 aromatic carbocycles. The van der Waals surface area contributed by atoms with E-state index in [4.69, 9.17) is 10.8 Å². The van der Waals surface area contributed by atoms with Crippen LogP contribution in [0.3, 0.4) is 0 Å². The predicted octanol–water partition coefficient (Wildman–Crippen LogP) is -0.274. The third-order valence-corrected chi connectivity index (χ3v) is 3.80. The van der Waals surface area contributed by atoms with E-state index >= 15 is 0 Å². The molecular weight excluding hydrogens is 248 g/mol. The van der Waals surface area contributed by atoms with Crippen LogP contribution in [0.2, 0.25) is 0 Å². The van der Waals surface area contributed by atoms with Crippen molar-refractivity contribution in [3.63, 3.8) is 0 Å². The van der Waals surface area contributed by atoms with Crippen LogP contribution < -0.4 is 5.73 Å². The molecule has 1 fully saturated rings. The number of fused-ring (bicyclic) bond motifs is 1. The first kappa shape index (κ1) is 11.8. The van der Waals surface area contributed by atoms with E-state index in [0.29, 0.717) is 17.7 Å². The number of aliphatic carboxylic acids is 1. The molecule has 0 aliphatic carbocycles. The van der Waals surface area contributed by atoms with Crippen molar-refractivity contribution < 1.29 is 24.2 Å². The Labute approximate surface area is 101 Å². The Morgan fingerprint density at radius 2 is 2.29 bits per heavy atom. The number of carboxylic acids is 1. The molecule has 1 atom stereocenters. The molecule has 7 nitrogen and oxygen atoms in total. The summed E-state index contributed by atoms with van der Waals surface area (Å²) < 4.78 is 4.57. The van der Waals surface area contributed by atoms with Crippen LogP contribution in [0.15, 0.2) is 11.3 Å². The van der Waals surface area contributed by atoms with Gasteiger partial charge in [-0.05, 0) is 0 Å². The average Bonchev–Trinajstić information content (AvgIpc) is 2.24. The Hall–Kier alpha value is -1.70. The number of amides is 2. The van der Waals surface area contributed by atoms with E-state index in [1.165, 1.54) is 16.7 Å². The number of hydrogen-bond donors (Lipinski definition) is 2. The fraction of sp³-hybridized carbons (Fsp3) is 0.444. The van der Waals surface area contributed by atoms with E-state index in [1.807, 2.05) is 0 Å². The van der Waals surface area contributed by atoms with Crippen LogP contribution in [-0.4, -0.2) is 45.7 Å². The maximum Gasteiger partial charge on any atom is 0.404 e. The molecule has 17 heavy (non-hydrogen) atoms. The van der Waals surface area contributed by atoms with E-state index in [0.717, 1.165) is 0 Å². The number of thioether (sulfide) groups is 1. The number of carboxylic acid groups (broad SMARTS) is 1. The fourth-order valence-electron chi connectivity index (χ4n) is 1.75. The second kappa shape index (κ2) is 4.28. The highest BCUT2D eigenvalue weighted by Gasteiger charge is 2.45. The summed E-state index contributed by atoms with van der Waals surface area (Å²) in [4.78, 5) is 34.2. The molecule has 0 unspecified atom stereocenters. The lowest BCUT2D eigenvalue weighted by Crippen LogP contribution is -2.54. The summed E-state index contributed by atoms with van der Waals surface area (Å²) in [6.07, 6.45) is -0.616. The minimum atomic E-state index is -1.19. The van der Waals surface area contributed by atoms with Gasteiger partial charge in [-0.2, -0.15) is 0 Å². The average molecular weight is 258 g/mol. The topological polar surface area (TPSA) is 110 Å². The molecule has 2 aliphatic heterocycles. The van der Waals surface area contributed by atoms with E-state index in [2.05, 4.69) is 4.74 Å². The molecule has 8 heteroatoms. The van der Waals surface area contributed by atoms with Gasteiger partial charge in [-0.1, -0.05) is 0 Å². The van der Waals surface area contributed by atoms with Gasteiger partial charge in [0.15, 0.2) is 0 Å². The molecule has 2 aliphatic rings. The molecule has 0 bridgehead atoms. The summed E-state index contributed by atoms with van der Waals surface area (Å²) in [5.74, 6) is -0.994. The number of nitrogens with two attached hydrogens (primary N) is 1. The van der Waals surface area contributed by atoms with Gasteiger partial charge in [0.1, 0.15) is 12.3 Å². The van der Waals surface area contributed by atoms with Crippen molar-refractivity contribution >= 4 is 29.7 Å². The predicted molar refractivity (Wildman–Crippen MR) is 57.9 cm³/mol. The zero-order chi connectivity index (χ0) is 12.6. The molecule has 2 amide bonds. The summed E-state index contributed by atoms with van der Waals surface area (Å²) in [5.41, 5.74) is 5.13. The number of β-lactam (4-membered cyclic amide) rings is 1. The maximum atomic E-state index is 11.3. The summed E-state index contributed by atoms with van der Waals surface area (Å²) >= 11 is 1.45. The molecule has 92 valence electrons. The van der Waals surface area contributed by atoms with Gasteiger partial charge in [-0.3, -0.25) is 9.69 Å². The van der Waals surface area contributed by atoms with Crippen molar-refractivity contribution in [2.75, 3.05) is 12.4 Å².